The highest BCUT2D eigenvalue weighted by Crippen LogP contribution is 2.27. The van der Waals surface area contributed by atoms with Gasteiger partial charge in [0.1, 0.15) is 24.1 Å². The number of halogens is 3. The maximum atomic E-state index is 12.5. The second kappa shape index (κ2) is 5.07. The summed E-state index contributed by atoms with van der Waals surface area (Å²) < 4.78 is 42.4. The van der Waals surface area contributed by atoms with Crippen LogP contribution in [-0.4, -0.2) is 18.6 Å². The lowest BCUT2D eigenvalue weighted by Gasteiger charge is -2.19. The molecule has 0 aliphatic carbocycles. The van der Waals surface area contributed by atoms with Crippen molar-refractivity contribution in [1.29, 1.82) is 5.41 Å². The predicted molar refractivity (Wildman–Crippen MR) is 58.1 cm³/mol. The lowest BCUT2D eigenvalue weighted by molar-refractivity contribution is -0.162. The summed E-state index contributed by atoms with van der Waals surface area (Å²) in [4.78, 5) is 0. The Hall–Kier alpha value is -1.72. The molecule has 0 heterocycles. The van der Waals surface area contributed by atoms with Crippen molar-refractivity contribution in [2.45, 2.75) is 13.1 Å². The molecule has 0 amide bonds. The Kier molecular flexibility index (Phi) is 3.98. The molecule has 0 fully saturated rings. The fraction of sp³-hybridized carbons (Fsp3) is 0.364. The quantitative estimate of drug-likeness (QED) is 0.633. The van der Waals surface area contributed by atoms with Gasteiger partial charge in [0.25, 0.3) is 0 Å². The third kappa shape index (κ3) is 3.97. The molecule has 1 aromatic rings. The molecule has 0 radical (unpaired) electrons. The van der Waals surface area contributed by atoms with E-state index in [4.69, 9.17) is 15.9 Å². The zero-order chi connectivity index (χ0) is 13.1. The highest BCUT2D eigenvalue weighted by molar-refractivity contribution is 5.80. The van der Waals surface area contributed by atoms with E-state index in [2.05, 4.69) is 0 Å². The number of nitrogens with one attached hydrogen (secondary N) is 1. The smallest absolute Gasteiger partial charge is 0.401 e. The first-order chi connectivity index (χ1) is 7.80. The Morgan fingerprint density at radius 3 is 2.59 bits per heavy atom. The highest BCUT2D eigenvalue weighted by Gasteiger charge is 2.42. The van der Waals surface area contributed by atoms with Crippen molar-refractivity contribution in [2.75, 3.05) is 6.61 Å². The molecule has 3 nitrogen and oxygen atoms in total. The number of rotatable bonds is 4. The number of hydrogen-bond acceptors (Lipinski definition) is 2. The van der Waals surface area contributed by atoms with Crippen LogP contribution in [-0.2, 0) is 0 Å². The molecule has 1 rings (SSSR count). The van der Waals surface area contributed by atoms with Gasteiger partial charge in [-0.25, -0.2) is 0 Å². The Morgan fingerprint density at radius 2 is 2.12 bits per heavy atom. The molecule has 1 unspecified atom stereocenters. The summed E-state index contributed by atoms with van der Waals surface area (Å²) in [5.41, 5.74) is 5.78. The number of benzene rings is 1. The van der Waals surface area contributed by atoms with Crippen molar-refractivity contribution in [3.63, 3.8) is 0 Å². The fourth-order valence-corrected chi connectivity index (χ4v) is 1.25. The molecule has 0 saturated carbocycles. The first kappa shape index (κ1) is 13.3. The van der Waals surface area contributed by atoms with Crippen LogP contribution in [0.1, 0.15) is 5.56 Å². The molecule has 3 N–H and O–H groups in total. The van der Waals surface area contributed by atoms with E-state index >= 15 is 0 Å². The molecule has 0 saturated heterocycles. The number of aryl methyl sites for hydroxylation is 1. The predicted octanol–water partition coefficient (Wildman–Crippen LogP) is 2.49. The lowest BCUT2D eigenvalue weighted by atomic mass is 10.1. The van der Waals surface area contributed by atoms with Gasteiger partial charge in [0.15, 0.2) is 0 Å². The summed E-state index contributed by atoms with van der Waals surface area (Å²) in [5, 5.41) is 6.89. The zero-order valence-electron chi connectivity index (χ0n) is 9.21. The molecule has 1 aromatic carbocycles. The van der Waals surface area contributed by atoms with Crippen LogP contribution < -0.4 is 10.5 Å². The van der Waals surface area contributed by atoms with Crippen molar-refractivity contribution >= 4 is 5.84 Å². The summed E-state index contributed by atoms with van der Waals surface area (Å²) in [7, 11) is 0. The zero-order valence-corrected chi connectivity index (χ0v) is 9.21. The standard InChI is InChI=1S/C11H13F3N2O/c1-7-3-2-4-8(5-7)17-6-9(10(15)16)11(12,13)14/h2-5,9H,6H2,1H3,(H3,15,16). The van der Waals surface area contributed by atoms with Crippen molar-refractivity contribution in [2.24, 2.45) is 11.7 Å². The summed E-state index contributed by atoms with van der Waals surface area (Å²) in [6.45, 7) is 1.13. The largest absolute Gasteiger partial charge is 0.492 e. The van der Waals surface area contributed by atoms with Crippen LogP contribution in [0, 0.1) is 18.3 Å². The number of hydrogen-bond donors (Lipinski definition) is 2. The van der Waals surface area contributed by atoms with E-state index in [1.54, 1.807) is 31.2 Å². The van der Waals surface area contributed by atoms with E-state index in [1.807, 2.05) is 0 Å². The van der Waals surface area contributed by atoms with Gasteiger partial charge in [-0.15, -0.1) is 0 Å². The topological polar surface area (TPSA) is 59.1 Å². The van der Waals surface area contributed by atoms with Crippen molar-refractivity contribution in [3.8, 4) is 5.75 Å². The molecule has 0 aliphatic rings. The Bertz CT molecular complexity index is 404. The van der Waals surface area contributed by atoms with E-state index in [-0.39, 0.29) is 0 Å². The van der Waals surface area contributed by atoms with Gasteiger partial charge >= 0.3 is 6.18 Å². The number of amidine groups is 1. The lowest BCUT2D eigenvalue weighted by Crippen LogP contribution is -2.39. The summed E-state index contributed by atoms with van der Waals surface area (Å²) in [6, 6.07) is 6.66. The van der Waals surface area contributed by atoms with Gasteiger partial charge < -0.3 is 10.5 Å². The molecular weight excluding hydrogens is 233 g/mol. The molecule has 0 aromatic heterocycles. The number of alkyl halides is 3. The highest BCUT2D eigenvalue weighted by atomic mass is 19.4. The van der Waals surface area contributed by atoms with E-state index in [0.29, 0.717) is 5.75 Å². The van der Waals surface area contributed by atoms with Crippen LogP contribution >= 0.6 is 0 Å². The van der Waals surface area contributed by atoms with E-state index in [9.17, 15) is 13.2 Å². The van der Waals surface area contributed by atoms with Crippen LogP contribution in [0.15, 0.2) is 24.3 Å². The molecule has 0 spiro atoms. The second-order valence-electron chi connectivity index (χ2n) is 3.68. The summed E-state index contributed by atoms with van der Waals surface area (Å²) in [5.74, 6) is -2.67. The third-order valence-corrected chi connectivity index (χ3v) is 2.18. The van der Waals surface area contributed by atoms with Gasteiger partial charge in [-0.2, -0.15) is 13.2 Å². The number of ether oxygens (including phenoxy) is 1. The average molecular weight is 246 g/mol. The SMILES string of the molecule is Cc1cccc(OCC(C(=N)N)C(F)(F)F)c1. The minimum atomic E-state index is -4.56. The minimum absolute atomic E-state index is 0.334. The second-order valence-corrected chi connectivity index (χ2v) is 3.68. The average Bonchev–Trinajstić information content (AvgIpc) is 2.15. The van der Waals surface area contributed by atoms with Crippen LogP contribution in [0.4, 0.5) is 13.2 Å². The molecule has 0 bridgehead atoms. The maximum absolute atomic E-state index is 12.5. The fourth-order valence-electron chi connectivity index (χ4n) is 1.25. The van der Waals surface area contributed by atoms with Crippen molar-refractivity contribution in [1.82, 2.24) is 0 Å². The van der Waals surface area contributed by atoms with Crippen LogP contribution in [0.3, 0.4) is 0 Å². The van der Waals surface area contributed by atoms with Gasteiger partial charge in [-0.3, -0.25) is 5.41 Å². The van der Waals surface area contributed by atoms with Crippen LogP contribution in [0.5, 0.6) is 5.75 Å². The molecule has 6 heteroatoms. The number of nitrogens with two attached hydrogens (primary N) is 1. The van der Waals surface area contributed by atoms with Gasteiger partial charge in [0.05, 0.1) is 0 Å². The van der Waals surface area contributed by atoms with Crippen molar-refractivity contribution in [3.05, 3.63) is 29.8 Å². The maximum Gasteiger partial charge on any atom is 0.401 e. The molecule has 17 heavy (non-hydrogen) atoms. The van der Waals surface area contributed by atoms with Crippen LogP contribution in [0.25, 0.3) is 0 Å². The monoisotopic (exact) mass is 246 g/mol. The van der Waals surface area contributed by atoms with E-state index in [1.165, 1.54) is 0 Å². The van der Waals surface area contributed by atoms with Crippen molar-refractivity contribution < 1.29 is 17.9 Å². The molecule has 0 aliphatic heterocycles. The normalized spacial score (nSPS) is 13.2. The first-order valence-electron chi connectivity index (χ1n) is 4.91. The molecular formula is C11H13F3N2O. The van der Waals surface area contributed by atoms with E-state index < -0.39 is 24.5 Å². The van der Waals surface area contributed by atoms with Gasteiger partial charge in [0, 0.05) is 0 Å². The molecule has 1 atom stereocenters. The van der Waals surface area contributed by atoms with Gasteiger partial charge in [-0.05, 0) is 24.6 Å². The third-order valence-electron chi connectivity index (χ3n) is 2.18. The van der Waals surface area contributed by atoms with Crippen LogP contribution in [0.2, 0.25) is 0 Å². The minimum Gasteiger partial charge on any atom is -0.492 e. The Morgan fingerprint density at radius 1 is 1.47 bits per heavy atom. The van der Waals surface area contributed by atoms with Gasteiger partial charge in [0.2, 0.25) is 0 Å². The van der Waals surface area contributed by atoms with Gasteiger partial charge in [-0.1, -0.05) is 12.1 Å². The molecule has 94 valence electrons. The summed E-state index contributed by atoms with van der Waals surface area (Å²) >= 11 is 0. The first-order valence-corrected chi connectivity index (χ1v) is 4.91. The summed E-state index contributed by atoms with van der Waals surface area (Å²) in [6.07, 6.45) is -4.56. The Labute approximate surface area is 96.9 Å². The van der Waals surface area contributed by atoms with E-state index in [0.717, 1.165) is 5.56 Å². The Balaban J connectivity index is 2.68.